The van der Waals surface area contributed by atoms with E-state index in [1.165, 1.54) is 5.56 Å². The number of hydrogen-bond acceptors (Lipinski definition) is 3. The SMILES string of the molecule is N#Cc1ccc(N)c(N2CCCC2c2ccccc2)c1. The van der Waals surface area contributed by atoms with Crippen molar-refractivity contribution in [1.29, 1.82) is 5.26 Å². The van der Waals surface area contributed by atoms with Crippen LogP contribution < -0.4 is 10.6 Å². The summed E-state index contributed by atoms with van der Waals surface area (Å²) < 4.78 is 0. The number of anilines is 2. The zero-order valence-corrected chi connectivity index (χ0v) is 11.3. The van der Waals surface area contributed by atoms with Crippen molar-refractivity contribution < 1.29 is 0 Å². The highest BCUT2D eigenvalue weighted by Gasteiger charge is 2.27. The summed E-state index contributed by atoms with van der Waals surface area (Å²) in [5.41, 5.74) is 9.81. The second kappa shape index (κ2) is 5.26. The van der Waals surface area contributed by atoms with Crippen LogP contribution in [-0.2, 0) is 0 Å². The van der Waals surface area contributed by atoms with E-state index in [0.29, 0.717) is 11.6 Å². The third-order valence-electron chi connectivity index (χ3n) is 3.91. The van der Waals surface area contributed by atoms with E-state index in [2.05, 4.69) is 35.2 Å². The summed E-state index contributed by atoms with van der Waals surface area (Å²) in [6, 6.07) is 18.5. The number of benzene rings is 2. The number of hydrogen-bond donors (Lipinski definition) is 1. The molecule has 100 valence electrons. The van der Waals surface area contributed by atoms with E-state index < -0.39 is 0 Å². The summed E-state index contributed by atoms with van der Waals surface area (Å²) >= 11 is 0. The smallest absolute Gasteiger partial charge is 0.0992 e. The molecule has 2 aromatic rings. The molecule has 1 aliphatic rings. The first-order chi connectivity index (χ1) is 9.79. The van der Waals surface area contributed by atoms with E-state index in [1.807, 2.05) is 18.2 Å². The molecule has 0 spiro atoms. The predicted molar refractivity (Wildman–Crippen MR) is 81.3 cm³/mol. The lowest BCUT2D eigenvalue weighted by molar-refractivity contribution is 0.720. The van der Waals surface area contributed by atoms with Gasteiger partial charge in [-0.3, -0.25) is 0 Å². The summed E-state index contributed by atoms with van der Waals surface area (Å²) in [4.78, 5) is 2.32. The third-order valence-corrected chi connectivity index (χ3v) is 3.91. The Labute approximate surface area is 119 Å². The molecule has 1 aliphatic heterocycles. The first-order valence-electron chi connectivity index (χ1n) is 6.91. The van der Waals surface area contributed by atoms with Crippen LogP contribution in [0.3, 0.4) is 0 Å². The van der Waals surface area contributed by atoms with Gasteiger partial charge in [-0.25, -0.2) is 0 Å². The zero-order chi connectivity index (χ0) is 13.9. The van der Waals surface area contributed by atoms with E-state index >= 15 is 0 Å². The summed E-state index contributed by atoms with van der Waals surface area (Å²) in [5.74, 6) is 0. The first-order valence-corrected chi connectivity index (χ1v) is 6.91. The molecular weight excluding hydrogens is 246 g/mol. The molecule has 3 heteroatoms. The average Bonchev–Trinajstić information content (AvgIpc) is 2.98. The molecule has 3 rings (SSSR count). The second-order valence-electron chi connectivity index (χ2n) is 5.15. The molecule has 3 nitrogen and oxygen atoms in total. The Morgan fingerprint density at radius 3 is 2.70 bits per heavy atom. The van der Waals surface area contributed by atoms with Crippen molar-refractivity contribution in [3.8, 4) is 6.07 Å². The minimum absolute atomic E-state index is 0.354. The lowest BCUT2D eigenvalue weighted by Crippen LogP contribution is -2.23. The minimum atomic E-state index is 0.354. The van der Waals surface area contributed by atoms with Crippen molar-refractivity contribution in [3.05, 3.63) is 59.7 Å². The van der Waals surface area contributed by atoms with Gasteiger partial charge in [-0.1, -0.05) is 30.3 Å². The molecule has 1 atom stereocenters. The fourth-order valence-corrected chi connectivity index (χ4v) is 2.94. The highest BCUT2D eigenvalue weighted by Crippen LogP contribution is 2.38. The Kier molecular flexibility index (Phi) is 3.30. The lowest BCUT2D eigenvalue weighted by atomic mass is 10.0. The minimum Gasteiger partial charge on any atom is -0.397 e. The quantitative estimate of drug-likeness (QED) is 0.844. The maximum atomic E-state index is 9.07. The molecule has 0 radical (unpaired) electrons. The Morgan fingerprint density at radius 1 is 1.15 bits per heavy atom. The zero-order valence-electron chi connectivity index (χ0n) is 11.3. The molecule has 2 N–H and O–H groups in total. The third kappa shape index (κ3) is 2.21. The molecule has 20 heavy (non-hydrogen) atoms. The van der Waals surface area contributed by atoms with Crippen molar-refractivity contribution in [2.45, 2.75) is 18.9 Å². The monoisotopic (exact) mass is 263 g/mol. The van der Waals surface area contributed by atoms with Gasteiger partial charge in [-0.15, -0.1) is 0 Å². The van der Waals surface area contributed by atoms with Gasteiger partial charge >= 0.3 is 0 Å². The molecule has 2 aromatic carbocycles. The molecule has 1 saturated heterocycles. The maximum Gasteiger partial charge on any atom is 0.0992 e. The Bertz CT molecular complexity index is 643. The molecule has 1 unspecified atom stereocenters. The van der Waals surface area contributed by atoms with Gasteiger partial charge in [0.2, 0.25) is 0 Å². The Morgan fingerprint density at radius 2 is 1.95 bits per heavy atom. The van der Waals surface area contributed by atoms with E-state index in [0.717, 1.165) is 30.8 Å². The summed E-state index contributed by atoms with van der Waals surface area (Å²) in [5, 5.41) is 9.07. The van der Waals surface area contributed by atoms with Crippen LogP contribution in [0.4, 0.5) is 11.4 Å². The van der Waals surface area contributed by atoms with Gasteiger partial charge in [0.05, 0.1) is 29.0 Å². The summed E-state index contributed by atoms with van der Waals surface area (Å²) in [7, 11) is 0. The molecule has 1 heterocycles. The van der Waals surface area contributed by atoms with Crippen LogP contribution in [0.15, 0.2) is 48.5 Å². The number of nitrogens with two attached hydrogens (primary N) is 1. The van der Waals surface area contributed by atoms with Crippen LogP contribution in [-0.4, -0.2) is 6.54 Å². The van der Waals surface area contributed by atoms with Crippen LogP contribution in [0.2, 0.25) is 0 Å². The second-order valence-corrected chi connectivity index (χ2v) is 5.15. The molecule has 0 aliphatic carbocycles. The van der Waals surface area contributed by atoms with Crippen LogP contribution >= 0.6 is 0 Å². The normalized spacial score (nSPS) is 17.9. The van der Waals surface area contributed by atoms with Crippen LogP contribution in [0, 0.1) is 11.3 Å². The van der Waals surface area contributed by atoms with E-state index in [1.54, 1.807) is 6.07 Å². The van der Waals surface area contributed by atoms with Crippen LogP contribution in [0.1, 0.15) is 30.0 Å². The molecule has 0 saturated carbocycles. The Balaban J connectivity index is 1.99. The van der Waals surface area contributed by atoms with Gasteiger partial charge in [0.15, 0.2) is 0 Å². The van der Waals surface area contributed by atoms with E-state index in [9.17, 15) is 0 Å². The van der Waals surface area contributed by atoms with Gasteiger partial charge in [0, 0.05) is 6.54 Å². The van der Waals surface area contributed by atoms with Crippen LogP contribution in [0.5, 0.6) is 0 Å². The molecule has 0 amide bonds. The molecule has 0 bridgehead atoms. The Hall–Kier alpha value is -2.47. The van der Waals surface area contributed by atoms with Gasteiger partial charge in [-0.2, -0.15) is 5.26 Å². The average molecular weight is 263 g/mol. The first kappa shape index (κ1) is 12.6. The number of nitrogens with zero attached hydrogens (tertiary/aromatic N) is 2. The van der Waals surface area contributed by atoms with E-state index in [4.69, 9.17) is 11.0 Å². The lowest BCUT2D eigenvalue weighted by Gasteiger charge is -2.28. The van der Waals surface area contributed by atoms with Gasteiger partial charge < -0.3 is 10.6 Å². The highest BCUT2D eigenvalue weighted by atomic mass is 15.2. The van der Waals surface area contributed by atoms with E-state index in [-0.39, 0.29) is 0 Å². The summed E-state index contributed by atoms with van der Waals surface area (Å²) in [6.07, 6.45) is 2.27. The van der Waals surface area contributed by atoms with Crippen molar-refractivity contribution in [2.24, 2.45) is 0 Å². The van der Waals surface area contributed by atoms with Crippen LogP contribution in [0.25, 0.3) is 0 Å². The van der Waals surface area contributed by atoms with Gasteiger partial charge in [0.25, 0.3) is 0 Å². The van der Waals surface area contributed by atoms with Crippen molar-refractivity contribution in [3.63, 3.8) is 0 Å². The fraction of sp³-hybridized carbons (Fsp3) is 0.235. The van der Waals surface area contributed by atoms with Crippen molar-refractivity contribution in [1.82, 2.24) is 0 Å². The number of nitriles is 1. The largest absolute Gasteiger partial charge is 0.397 e. The van der Waals surface area contributed by atoms with Crippen molar-refractivity contribution in [2.75, 3.05) is 17.2 Å². The summed E-state index contributed by atoms with van der Waals surface area (Å²) in [6.45, 7) is 0.985. The fourth-order valence-electron chi connectivity index (χ4n) is 2.94. The molecule has 1 fully saturated rings. The standard InChI is InChI=1S/C17H17N3/c18-12-13-8-9-15(19)17(11-13)20-10-4-7-16(20)14-5-2-1-3-6-14/h1-3,5-6,8-9,11,16H,4,7,10,19H2. The van der Waals surface area contributed by atoms with Crippen molar-refractivity contribution >= 4 is 11.4 Å². The van der Waals surface area contributed by atoms with Gasteiger partial charge in [0.1, 0.15) is 0 Å². The topological polar surface area (TPSA) is 53.1 Å². The molecule has 0 aromatic heterocycles. The van der Waals surface area contributed by atoms with Gasteiger partial charge in [-0.05, 0) is 36.6 Å². The molecular formula is C17H17N3. The number of nitrogen functional groups attached to an aromatic ring is 1. The number of rotatable bonds is 2. The predicted octanol–water partition coefficient (Wildman–Crippen LogP) is 3.48. The highest BCUT2D eigenvalue weighted by molar-refractivity contribution is 5.70. The maximum absolute atomic E-state index is 9.07.